The molecule has 0 radical (unpaired) electrons. The number of hydrogen-bond acceptors (Lipinski definition) is 4. The predicted octanol–water partition coefficient (Wildman–Crippen LogP) is 3.51. The van der Waals surface area contributed by atoms with Gasteiger partial charge in [0, 0.05) is 11.2 Å². The highest BCUT2D eigenvalue weighted by Crippen LogP contribution is 2.30. The summed E-state index contributed by atoms with van der Waals surface area (Å²) >= 11 is 5.82. The summed E-state index contributed by atoms with van der Waals surface area (Å²) in [6, 6.07) is 12.6. The van der Waals surface area contributed by atoms with E-state index in [0.717, 1.165) is 11.1 Å². The number of benzene rings is 2. The zero-order chi connectivity index (χ0) is 15.9. The zero-order valence-electron chi connectivity index (χ0n) is 12.5. The molecule has 1 N–H and O–H groups in total. The highest BCUT2D eigenvalue weighted by molar-refractivity contribution is 6.30. The highest BCUT2D eigenvalue weighted by Gasteiger charge is 2.10. The lowest BCUT2D eigenvalue weighted by molar-refractivity contribution is 0.187. The van der Waals surface area contributed by atoms with Gasteiger partial charge in [0.25, 0.3) is 0 Å². The summed E-state index contributed by atoms with van der Waals surface area (Å²) < 4.78 is 10.4. The average molecular weight is 320 g/mol. The smallest absolute Gasteiger partial charge is 0.161 e. The van der Waals surface area contributed by atoms with Gasteiger partial charge in [-0.15, -0.1) is 0 Å². The molecule has 0 amide bonds. The van der Waals surface area contributed by atoms with Crippen molar-refractivity contribution in [2.45, 2.75) is 6.10 Å². The van der Waals surface area contributed by atoms with Gasteiger partial charge < -0.3 is 14.6 Å². The van der Waals surface area contributed by atoms with Crippen LogP contribution in [0.1, 0.15) is 17.2 Å². The zero-order valence-corrected chi connectivity index (χ0v) is 13.2. The Morgan fingerprint density at radius 2 is 1.77 bits per heavy atom. The molecule has 0 aliphatic rings. The van der Waals surface area contributed by atoms with E-state index in [2.05, 4.69) is 4.99 Å². The van der Waals surface area contributed by atoms with Crippen LogP contribution in [0.2, 0.25) is 5.02 Å². The molecule has 1 atom stereocenters. The van der Waals surface area contributed by atoms with Gasteiger partial charge in [-0.25, -0.2) is 0 Å². The van der Waals surface area contributed by atoms with Crippen LogP contribution in [-0.4, -0.2) is 32.1 Å². The van der Waals surface area contributed by atoms with Crippen LogP contribution < -0.4 is 9.47 Å². The molecule has 116 valence electrons. The molecule has 0 heterocycles. The third-order valence-electron chi connectivity index (χ3n) is 3.18. The van der Waals surface area contributed by atoms with Crippen LogP contribution in [0.15, 0.2) is 47.5 Å². The van der Waals surface area contributed by atoms with E-state index in [4.69, 9.17) is 21.1 Å². The molecule has 0 fully saturated rings. The van der Waals surface area contributed by atoms with Crippen LogP contribution in [-0.2, 0) is 0 Å². The van der Waals surface area contributed by atoms with Crippen molar-refractivity contribution in [2.75, 3.05) is 20.8 Å². The van der Waals surface area contributed by atoms with E-state index in [9.17, 15) is 5.11 Å². The minimum absolute atomic E-state index is 0.262. The number of rotatable bonds is 6. The fraction of sp³-hybridized carbons (Fsp3) is 0.235. The molecule has 2 rings (SSSR count). The van der Waals surface area contributed by atoms with Crippen molar-refractivity contribution in [3.63, 3.8) is 0 Å². The average Bonchev–Trinajstić information content (AvgIpc) is 2.55. The van der Waals surface area contributed by atoms with Gasteiger partial charge in [0.1, 0.15) is 0 Å². The maximum atomic E-state index is 10.2. The first-order valence-corrected chi connectivity index (χ1v) is 7.17. The Morgan fingerprint density at radius 3 is 2.41 bits per heavy atom. The molecule has 0 saturated carbocycles. The molecule has 1 unspecified atom stereocenters. The van der Waals surface area contributed by atoms with Crippen molar-refractivity contribution in [1.82, 2.24) is 0 Å². The molecule has 5 heteroatoms. The molecule has 2 aromatic rings. The van der Waals surface area contributed by atoms with E-state index in [1.54, 1.807) is 50.8 Å². The van der Waals surface area contributed by atoms with E-state index in [1.165, 1.54) is 0 Å². The van der Waals surface area contributed by atoms with Crippen LogP contribution in [0.25, 0.3) is 0 Å². The first kappa shape index (κ1) is 16.3. The summed E-state index contributed by atoms with van der Waals surface area (Å²) in [6.07, 6.45) is 1.00. The fourth-order valence-corrected chi connectivity index (χ4v) is 2.10. The van der Waals surface area contributed by atoms with Gasteiger partial charge in [-0.3, -0.25) is 4.99 Å². The van der Waals surface area contributed by atoms with Crippen LogP contribution in [0, 0.1) is 0 Å². The summed E-state index contributed by atoms with van der Waals surface area (Å²) in [5.41, 5.74) is 1.66. The van der Waals surface area contributed by atoms with E-state index in [1.807, 2.05) is 12.1 Å². The first-order chi connectivity index (χ1) is 10.6. The molecule has 0 spiro atoms. The molecule has 4 nitrogen and oxygen atoms in total. The Bertz CT molecular complexity index is 641. The van der Waals surface area contributed by atoms with Gasteiger partial charge in [-0.1, -0.05) is 29.8 Å². The van der Waals surface area contributed by atoms with Gasteiger partial charge >= 0.3 is 0 Å². The number of nitrogens with zero attached hydrogens (tertiary/aromatic N) is 1. The van der Waals surface area contributed by atoms with Crippen molar-refractivity contribution in [3.05, 3.63) is 58.6 Å². The molecular weight excluding hydrogens is 302 g/mol. The maximum Gasteiger partial charge on any atom is 0.161 e. The number of halogens is 1. The summed E-state index contributed by atoms with van der Waals surface area (Å²) in [7, 11) is 3.14. The predicted molar refractivity (Wildman–Crippen MR) is 88.4 cm³/mol. The quantitative estimate of drug-likeness (QED) is 0.829. The Balaban J connectivity index is 2.02. The number of hydrogen-bond donors (Lipinski definition) is 1. The van der Waals surface area contributed by atoms with Gasteiger partial charge in [-0.05, 0) is 35.4 Å². The maximum absolute atomic E-state index is 10.2. The Morgan fingerprint density at radius 1 is 1.09 bits per heavy atom. The second kappa shape index (κ2) is 7.82. The number of aliphatic imine (C=N–C) groups is 1. The van der Waals surface area contributed by atoms with Crippen LogP contribution in [0.4, 0.5) is 0 Å². The van der Waals surface area contributed by atoms with Crippen LogP contribution in [0.3, 0.4) is 0 Å². The van der Waals surface area contributed by atoms with Gasteiger partial charge in [0.15, 0.2) is 11.5 Å². The topological polar surface area (TPSA) is 51.0 Å². The normalized spacial score (nSPS) is 12.4. The lowest BCUT2D eigenvalue weighted by Crippen LogP contribution is -2.03. The van der Waals surface area contributed by atoms with Crippen LogP contribution in [0.5, 0.6) is 11.5 Å². The molecule has 0 aromatic heterocycles. The third kappa shape index (κ3) is 4.23. The fourth-order valence-electron chi connectivity index (χ4n) is 1.97. The summed E-state index contributed by atoms with van der Waals surface area (Å²) in [5.74, 6) is 1.21. The Kier molecular flexibility index (Phi) is 5.81. The van der Waals surface area contributed by atoms with Crippen molar-refractivity contribution in [1.29, 1.82) is 0 Å². The van der Waals surface area contributed by atoms with Crippen molar-refractivity contribution < 1.29 is 14.6 Å². The number of ether oxygens (including phenoxy) is 2. The molecular formula is C17H18ClNO3. The minimum Gasteiger partial charge on any atom is -0.493 e. The van der Waals surface area contributed by atoms with Crippen molar-refractivity contribution in [2.24, 2.45) is 4.99 Å². The minimum atomic E-state index is -0.705. The lowest BCUT2D eigenvalue weighted by atomic mass is 10.1. The number of aliphatic hydroxyl groups is 1. The van der Waals surface area contributed by atoms with Gasteiger partial charge in [0.05, 0.1) is 26.9 Å². The standard InChI is InChI=1S/C17H18ClNO3/c1-21-16-8-5-13(9-17(16)22-2)15(20)11-19-10-12-3-6-14(18)7-4-12/h3-10,15,20H,11H2,1-2H3. The van der Waals surface area contributed by atoms with E-state index >= 15 is 0 Å². The summed E-state index contributed by atoms with van der Waals surface area (Å²) in [5, 5.41) is 10.9. The van der Waals surface area contributed by atoms with Crippen LogP contribution >= 0.6 is 11.6 Å². The summed E-state index contributed by atoms with van der Waals surface area (Å²) in [6.45, 7) is 0.262. The first-order valence-electron chi connectivity index (χ1n) is 6.79. The number of aliphatic hydroxyl groups excluding tert-OH is 1. The number of methoxy groups -OCH3 is 2. The molecule has 0 saturated heterocycles. The van der Waals surface area contributed by atoms with E-state index < -0.39 is 6.10 Å². The van der Waals surface area contributed by atoms with Crippen molar-refractivity contribution in [3.8, 4) is 11.5 Å². The highest BCUT2D eigenvalue weighted by atomic mass is 35.5. The van der Waals surface area contributed by atoms with Crippen molar-refractivity contribution >= 4 is 17.8 Å². The largest absolute Gasteiger partial charge is 0.493 e. The van der Waals surface area contributed by atoms with E-state index in [0.29, 0.717) is 16.5 Å². The SMILES string of the molecule is COc1ccc(C(O)CN=Cc2ccc(Cl)cc2)cc1OC. The Labute approximate surface area is 135 Å². The monoisotopic (exact) mass is 319 g/mol. The molecule has 0 aliphatic heterocycles. The second-order valence-corrected chi connectivity index (χ2v) is 5.11. The van der Waals surface area contributed by atoms with E-state index in [-0.39, 0.29) is 6.54 Å². The molecule has 22 heavy (non-hydrogen) atoms. The third-order valence-corrected chi connectivity index (χ3v) is 3.43. The second-order valence-electron chi connectivity index (χ2n) is 4.68. The summed E-state index contributed by atoms with van der Waals surface area (Å²) in [4.78, 5) is 4.26. The molecule has 0 bridgehead atoms. The Hall–Kier alpha value is -2.04. The van der Waals surface area contributed by atoms with Gasteiger partial charge in [0.2, 0.25) is 0 Å². The lowest BCUT2D eigenvalue weighted by Gasteiger charge is -2.12. The molecule has 0 aliphatic carbocycles. The molecule has 2 aromatic carbocycles. The van der Waals surface area contributed by atoms with Gasteiger partial charge in [-0.2, -0.15) is 0 Å².